The van der Waals surface area contributed by atoms with Crippen LogP contribution in [0.3, 0.4) is 0 Å². The minimum Gasteiger partial charge on any atom is -0.0859 e. The quantitative estimate of drug-likeness (QED) is 0.215. The molecule has 1 unspecified atom stereocenters. The van der Waals surface area contributed by atoms with Crippen molar-refractivity contribution < 1.29 is 0 Å². The van der Waals surface area contributed by atoms with Gasteiger partial charge in [-0.2, -0.15) is 0 Å². The molecule has 168 valence electrons. The highest BCUT2D eigenvalue weighted by molar-refractivity contribution is 6.31. The molecule has 0 aromatic heterocycles. The van der Waals surface area contributed by atoms with Gasteiger partial charge in [-0.15, -0.1) is 0 Å². The third-order valence-corrected chi connectivity index (χ3v) is 6.59. The molecule has 3 aromatic rings. The van der Waals surface area contributed by atoms with Gasteiger partial charge in [0.2, 0.25) is 0 Å². The van der Waals surface area contributed by atoms with Crippen molar-refractivity contribution in [2.24, 2.45) is 0 Å². The van der Waals surface area contributed by atoms with Crippen LogP contribution in [0.2, 0.25) is 5.02 Å². The summed E-state index contributed by atoms with van der Waals surface area (Å²) in [4.78, 5) is 0. The maximum atomic E-state index is 6.69. The Balaban J connectivity index is 1.68. The summed E-state index contributed by atoms with van der Waals surface area (Å²) in [5.41, 5.74) is 8.96. The van der Waals surface area contributed by atoms with Crippen molar-refractivity contribution in [1.29, 1.82) is 0 Å². The van der Waals surface area contributed by atoms with Crippen LogP contribution in [-0.2, 0) is 6.42 Å². The summed E-state index contributed by atoms with van der Waals surface area (Å²) in [5.74, 6) is 0.458. The topological polar surface area (TPSA) is 0 Å². The van der Waals surface area contributed by atoms with Crippen LogP contribution in [0, 0.1) is 0 Å². The van der Waals surface area contributed by atoms with Crippen LogP contribution in [0.5, 0.6) is 0 Å². The van der Waals surface area contributed by atoms with Gasteiger partial charge in [0, 0.05) is 5.02 Å². The van der Waals surface area contributed by atoms with Crippen LogP contribution in [0.25, 0.3) is 22.3 Å². The standard InChI is InChI=1S/C31H37Cl/c1-5-6-7-11-25-12-14-26(15-13-25)27-16-18-28(19-17-27)29-20-21-30(31(32)22-29)24(4)10-8-9-23(2)3/h9,12-22,24H,5-8,10-11H2,1-4H3. The predicted molar refractivity (Wildman–Crippen MR) is 143 cm³/mol. The molecule has 0 saturated carbocycles. The second kappa shape index (κ2) is 12.1. The molecule has 32 heavy (non-hydrogen) atoms. The van der Waals surface area contributed by atoms with E-state index in [1.165, 1.54) is 64.6 Å². The van der Waals surface area contributed by atoms with Crippen molar-refractivity contribution >= 4 is 11.6 Å². The van der Waals surface area contributed by atoms with Crippen LogP contribution in [0.4, 0.5) is 0 Å². The second-order valence-electron chi connectivity index (χ2n) is 9.23. The Morgan fingerprint density at radius 2 is 1.38 bits per heavy atom. The van der Waals surface area contributed by atoms with Gasteiger partial charge >= 0.3 is 0 Å². The molecule has 0 nitrogen and oxygen atoms in total. The summed E-state index contributed by atoms with van der Waals surface area (Å²) >= 11 is 6.69. The van der Waals surface area contributed by atoms with Crippen molar-refractivity contribution in [3.8, 4) is 22.3 Å². The number of rotatable bonds is 10. The number of hydrogen-bond donors (Lipinski definition) is 0. The van der Waals surface area contributed by atoms with Crippen molar-refractivity contribution in [3.05, 3.63) is 94.5 Å². The highest BCUT2D eigenvalue weighted by atomic mass is 35.5. The van der Waals surface area contributed by atoms with E-state index in [0.29, 0.717) is 5.92 Å². The fraction of sp³-hybridized carbons (Fsp3) is 0.355. The van der Waals surface area contributed by atoms with Gasteiger partial charge in [-0.1, -0.05) is 111 Å². The lowest BCUT2D eigenvalue weighted by molar-refractivity contribution is 0.689. The van der Waals surface area contributed by atoms with E-state index < -0.39 is 0 Å². The minimum atomic E-state index is 0.458. The van der Waals surface area contributed by atoms with Gasteiger partial charge in [-0.3, -0.25) is 0 Å². The highest BCUT2D eigenvalue weighted by Crippen LogP contribution is 2.33. The molecule has 0 radical (unpaired) electrons. The minimum absolute atomic E-state index is 0.458. The molecule has 0 aliphatic carbocycles. The maximum Gasteiger partial charge on any atom is 0.0446 e. The molecule has 1 atom stereocenters. The van der Waals surface area contributed by atoms with Gasteiger partial charge in [0.25, 0.3) is 0 Å². The van der Waals surface area contributed by atoms with E-state index in [-0.39, 0.29) is 0 Å². The molecular weight excluding hydrogens is 408 g/mol. The van der Waals surface area contributed by atoms with Gasteiger partial charge in [0.05, 0.1) is 0 Å². The third kappa shape index (κ3) is 6.84. The smallest absolute Gasteiger partial charge is 0.0446 e. The molecule has 3 rings (SSSR count). The summed E-state index contributed by atoms with van der Waals surface area (Å²) in [6, 6.07) is 24.4. The molecule has 0 amide bonds. The van der Waals surface area contributed by atoms with E-state index in [9.17, 15) is 0 Å². The lowest BCUT2D eigenvalue weighted by Crippen LogP contribution is -1.95. The van der Waals surface area contributed by atoms with Crippen LogP contribution >= 0.6 is 11.6 Å². The van der Waals surface area contributed by atoms with Crippen LogP contribution < -0.4 is 0 Å². The molecule has 0 aliphatic rings. The van der Waals surface area contributed by atoms with Crippen molar-refractivity contribution in [1.82, 2.24) is 0 Å². The van der Waals surface area contributed by atoms with E-state index in [1.807, 2.05) is 0 Å². The van der Waals surface area contributed by atoms with Crippen molar-refractivity contribution in [2.75, 3.05) is 0 Å². The number of halogens is 1. The van der Waals surface area contributed by atoms with Gasteiger partial charge in [0.1, 0.15) is 0 Å². The molecule has 0 saturated heterocycles. The lowest BCUT2D eigenvalue weighted by atomic mass is 9.93. The summed E-state index contributed by atoms with van der Waals surface area (Å²) in [6.45, 7) is 8.83. The number of allylic oxidation sites excluding steroid dienone is 2. The first kappa shape index (κ1) is 24.3. The summed E-state index contributed by atoms with van der Waals surface area (Å²) in [7, 11) is 0. The van der Waals surface area contributed by atoms with Gasteiger partial charge in [-0.05, 0) is 84.9 Å². The first-order chi connectivity index (χ1) is 15.5. The molecule has 0 aliphatic heterocycles. The fourth-order valence-electron chi connectivity index (χ4n) is 4.18. The summed E-state index contributed by atoms with van der Waals surface area (Å²) in [5, 5.41) is 0.870. The zero-order valence-corrected chi connectivity index (χ0v) is 20.9. The molecule has 0 N–H and O–H groups in total. The number of aryl methyl sites for hydroxylation is 1. The fourth-order valence-corrected chi connectivity index (χ4v) is 4.55. The Kier molecular flexibility index (Phi) is 9.18. The van der Waals surface area contributed by atoms with Crippen LogP contribution in [-0.4, -0.2) is 0 Å². The van der Waals surface area contributed by atoms with Crippen molar-refractivity contribution in [2.45, 2.75) is 72.1 Å². The Morgan fingerprint density at radius 3 is 1.94 bits per heavy atom. The zero-order valence-electron chi connectivity index (χ0n) is 20.1. The third-order valence-electron chi connectivity index (χ3n) is 6.26. The van der Waals surface area contributed by atoms with Gasteiger partial charge < -0.3 is 0 Å². The lowest BCUT2D eigenvalue weighted by Gasteiger charge is -2.14. The molecule has 3 aromatic carbocycles. The Hall–Kier alpha value is -2.31. The number of hydrogen-bond acceptors (Lipinski definition) is 0. The molecule has 0 heterocycles. The normalized spacial score (nSPS) is 11.9. The molecule has 0 spiro atoms. The second-order valence-corrected chi connectivity index (χ2v) is 9.63. The monoisotopic (exact) mass is 444 g/mol. The first-order valence-electron chi connectivity index (χ1n) is 12.1. The summed E-state index contributed by atoms with van der Waals surface area (Å²) < 4.78 is 0. The van der Waals surface area contributed by atoms with E-state index in [0.717, 1.165) is 17.9 Å². The van der Waals surface area contributed by atoms with E-state index >= 15 is 0 Å². The zero-order chi connectivity index (χ0) is 22.9. The Bertz CT molecular complexity index is 1010. The van der Waals surface area contributed by atoms with Gasteiger partial charge in [-0.25, -0.2) is 0 Å². The maximum absolute atomic E-state index is 6.69. The van der Waals surface area contributed by atoms with E-state index in [2.05, 4.69) is 101 Å². The van der Waals surface area contributed by atoms with E-state index in [4.69, 9.17) is 11.6 Å². The molecular formula is C31H37Cl. The van der Waals surface area contributed by atoms with Gasteiger partial charge in [0.15, 0.2) is 0 Å². The number of unbranched alkanes of at least 4 members (excludes halogenated alkanes) is 2. The molecule has 0 bridgehead atoms. The van der Waals surface area contributed by atoms with Crippen LogP contribution in [0.15, 0.2) is 78.4 Å². The van der Waals surface area contributed by atoms with E-state index in [1.54, 1.807) is 0 Å². The highest BCUT2D eigenvalue weighted by Gasteiger charge is 2.11. The first-order valence-corrected chi connectivity index (χ1v) is 12.5. The Morgan fingerprint density at radius 1 is 0.812 bits per heavy atom. The van der Waals surface area contributed by atoms with Crippen molar-refractivity contribution in [3.63, 3.8) is 0 Å². The summed E-state index contributed by atoms with van der Waals surface area (Å²) in [6.07, 6.45) is 9.56. The number of benzene rings is 3. The SMILES string of the molecule is CCCCCc1ccc(-c2ccc(-c3ccc(C(C)CCC=C(C)C)c(Cl)c3)cc2)cc1. The molecule has 1 heteroatoms. The largest absolute Gasteiger partial charge is 0.0859 e. The average molecular weight is 445 g/mol. The Labute approximate surface area is 200 Å². The average Bonchev–Trinajstić information content (AvgIpc) is 2.79. The van der Waals surface area contributed by atoms with Crippen LogP contribution in [0.1, 0.15) is 76.8 Å². The predicted octanol–water partition coefficient (Wildman–Crippen LogP) is 10.3. The molecule has 0 fully saturated rings.